The van der Waals surface area contributed by atoms with Gasteiger partial charge in [0.2, 0.25) is 0 Å². The van der Waals surface area contributed by atoms with E-state index >= 15 is 0 Å². The maximum absolute atomic E-state index is 14.7. The lowest BCUT2D eigenvalue weighted by atomic mass is 9.99. The summed E-state index contributed by atoms with van der Waals surface area (Å²) in [6, 6.07) is 10.9. The Kier molecular flexibility index (Phi) is 2.68. The average Bonchev–Trinajstić information content (AvgIpc) is 3.06. The van der Waals surface area contributed by atoms with Crippen molar-refractivity contribution in [2.45, 2.75) is 18.9 Å². The van der Waals surface area contributed by atoms with Crippen LogP contribution < -0.4 is 10.6 Å². The van der Waals surface area contributed by atoms with Gasteiger partial charge in [-0.3, -0.25) is 5.32 Å². The zero-order valence-corrected chi connectivity index (χ0v) is 11.7. The Morgan fingerprint density at radius 2 is 1.76 bits per heavy atom. The molecule has 4 heteroatoms. The van der Waals surface area contributed by atoms with Crippen LogP contribution in [0.2, 0.25) is 0 Å². The molecule has 4 rings (SSSR count). The molecule has 2 aromatic rings. The summed E-state index contributed by atoms with van der Waals surface area (Å²) in [4.78, 5) is 0. The smallest absolute Gasteiger partial charge is 0.299 e. The van der Waals surface area contributed by atoms with Gasteiger partial charge in [-0.2, -0.15) is 8.78 Å². The number of rotatable bonds is 1. The zero-order chi connectivity index (χ0) is 14.6. The van der Waals surface area contributed by atoms with Gasteiger partial charge in [-0.1, -0.05) is 29.8 Å². The monoisotopic (exact) mass is 286 g/mol. The summed E-state index contributed by atoms with van der Waals surface area (Å²) in [5.74, 6) is -2.90. The molecule has 0 aromatic heterocycles. The van der Waals surface area contributed by atoms with E-state index < -0.39 is 5.92 Å². The van der Waals surface area contributed by atoms with E-state index in [4.69, 9.17) is 0 Å². The second kappa shape index (κ2) is 4.36. The molecule has 108 valence electrons. The number of hydrogen-bond donors (Lipinski definition) is 2. The van der Waals surface area contributed by atoms with Gasteiger partial charge in [0.25, 0.3) is 5.92 Å². The van der Waals surface area contributed by atoms with Crippen molar-refractivity contribution in [1.29, 1.82) is 0 Å². The second-order valence-corrected chi connectivity index (χ2v) is 5.82. The van der Waals surface area contributed by atoms with Crippen LogP contribution in [0.5, 0.6) is 0 Å². The summed E-state index contributed by atoms with van der Waals surface area (Å²) in [6.45, 7) is 3.34. The summed E-state index contributed by atoms with van der Waals surface area (Å²) in [5, 5.41) is 6.45. The highest BCUT2D eigenvalue weighted by molar-refractivity contribution is 5.80. The number of aryl methyl sites for hydroxylation is 1. The van der Waals surface area contributed by atoms with Crippen LogP contribution in [0.3, 0.4) is 0 Å². The van der Waals surface area contributed by atoms with E-state index in [0.29, 0.717) is 11.1 Å². The highest BCUT2D eigenvalue weighted by Crippen LogP contribution is 2.51. The highest BCUT2D eigenvalue weighted by Gasteiger charge is 2.44. The van der Waals surface area contributed by atoms with Crippen molar-refractivity contribution < 1.29 is 8.78 Å². The Balaban J connectivity index is 1.87. The molecule has 1 heterocycles. The van der Waals surface area contributed by atoms with E-state index in [9.17, 15) is 8.78 Å². The van der Waals surface area contributed by atoms with Gasteiger partial charge in [-0.15, -0.1) is 0 Å². The molecule has 0 saturated carbocycles. The lowest BCUT2D eigenvalue weighted by Crippen LogP contribution is -2.16. The Bertz CT molecular complexity index is 719. The molecule has 1 atom stereocenters. The molecule has 2 nitrogen and oxygen atoms in total. The molecule has 1 unspecified atom stereocenters. The highest BCUT2D eigenvalue weighted by atomic mass is 19.3. The molecule has 1 aliphatic carbocycles. The van der Waals surface area contributed by atoms with Gasteiger partial charge in [0, 0.05) is 30.4 Å². The van der Waals surface area contributed by atoms with Gasteiger partial charge < -0.3 is 5.32 Å². The van der Waals surface area contributed by atoms with Crippen molar-refractivity contribution in [2.24, 2.45) is 0 Å². The molecule has 0 spiro atoms. The summed E-state index contributed by atoms with van der Waals surface area (Å²) in [6.07, 6.45) is 0. The minimum atomic E-state index is -2.90. The first-order chi connectivity index (χ1) is 10.1. The van der Waals surface area contributed by atoms with Crippen molar-refractivity contribution in [3.05, 3.63) is 58.7 Å². The van der Waals surface area contributed by atoms with Gasteiger partial charge in [0.1, 0.15) is 0 Å². The lowest BCUT2D eigenvalue weighted by molar-refractivity contribution is 0.0478. The molecule has 2 N–H and O–H groups in total. The fraction of sp³-hybridized carbons (Fsp3) is 0.294. The maximum Gasteiger partial charge on any atom is 0.299 e. The van der Waals surface area contributed by atoms with Crippen molar-refractivity contribution in [1.82, 2.24) is 10.6 Å². The molecule has 1 fully saturated rings. The molecule has 21 heavy (non-hydrogen) atoms. The molecule has 1 aliphatic heterocycles. The second-order valence-electron chi connectivity index (χ2n) is 5.82. The van der Waals surface area contributed by atoms with Crippen LogP contribution >= 0.6 is 0 Å². The number of halogens is 2. The average molecular weight is 286 g/mol. The quantitative estimate of drug-likeness (QED) is 0.840. The third kappa shape index (κ3) is 1.83. The van der Waals surface area contributed by atoms with E-state index in [1.165, 1.54) is 0 Å². The minimum Gasteiger partial charge on any atom is -0.303 e. The third-order valence-corrected chi connectivity index (χ3v) is 4.41. The van der Waals surface area contributed by atoms with Gasteiger partial charge in [-0.25, -0.2) is 0 Å². The topological polar surface area (TPSA) is 24.1 Å². The van der Waals surface area contributed by atoms with Crippen LogP contribution in [-0.2, 0) is 5.92 Å². The van der Waals surface area contributed by atoms with Crippen molar-refractivity contribution in [2.75, 3.05) is 13.2 Å². The molecule has 0 amide bonds. The van der Waals surface area contributed by atoms with Crippen LogP contribution in [0.15, 0.2) is 36.4 Å². The Hall–Kier alpha value is -1.78. The number of nitrogens with one attached hydrogen (secondary N) is 2. The van der Waals surface area contributed by atoms with Gasteiger partial charge >= 0.3 is 0 Å². The van der Waals surface area contributed by atoms with Crippen LogP contribution in [0.1, 0.15) is 28.3 Å². The van der Waals surface area contributed by atoms with E-state index in [1.807, 2.05) is 25.1 Å². The van der Waals surface area contributed by atoms with Gasteiger partial charge in [0.05, 0.1) is 0 Å². The van der Waals surface area contributed by atoms with Crippen molar-refractivity contribution in [3.8, 4) is 11.1 Å². The summed E-state index contributed by atoms with van der Waals surface area (Å²) in [5.41, 5.74) is 3.36. The van der Waals surface area contributed by atoms with E-state index in [2.05, 4.69) is 10.6 Å². The molecule has 2 aliphatic rings. The summed E-state index contributed by atoms with van der Waals surface area (Å²) < 4.78 is 29.5. The summed E-state index contributed by atoms with van der Waals surface area (Å²) in [7, 11) is 0. The van der Waals surface area contributed by atoms with Crippen molar-refractivity contribution >= 4 is 0 Å². The molecule has 0 bridgehead atoms. The van der Waals surface area contributed by atoms with E-state index in [1.54, 1.807) is 18.2 Å². The predicted octanol–water partition coefficient (Wildman–Crippen LogP) is 3.31. The lowest BCUT2D eigenvalue weighted by Gasteiger charge is -2.15. The van der Waals surface area contributed by atoms with Crippen molar-refractivity contribution in [3.63, 3.8) is 0 Å². The number of alkyl halides is 2. The zero-order valence-electron chi connectivity index (χ0n) is 11.7. The Morgan fingerprint density at radius 3 is 2.48 bits per heavy atom. The van der Waals surface area contributed by atoms with E-state index in [-0.39, 0.29) is 17.2 Å². The summed E-state index contributed by atoms with van der Waals surface area (Å²) >= 11 is 0. The minimum absolute atomic E-state index is 0.108. The number of fused-ring (bicyclic) bond motifs is 3. The fourth-order valence-corrected chi connectivity index (χ4v) is 3.29. The molecular weight excluding hydrogens is 270 g/mol. The maximum atomic E-state index is 14.7. The normalized spacial score (nSPS) is 22.1. The number of hydrogen-bond acceptors (Lipinski definition) is 2. The van der Waals surface area contributed by atoms with Crippen LogP contribution in [0, 0.1) is 6.92 Å². The number of benzene rings is 2. The van der Waals surface area contributed by atoms with Crippen LogP contribution in [0.4, 0.5) is 8.78 Å². The Morgan fingerprint density at radius 1 is 1.05 bits per heavy atom. The fourth-order valence-electron chi connectivity index (χ4n) is 3.29. The largest absolute Gasteiger partial charge is 0.303 e. The van der Waals surface area contributed by atoms with Gasteiger partial charge in [0.15, 0.2) is 0 Å². The molecule has 0 radical (unpaired) electrons. The first-order valence-corrected chi connectivity index (χ1v) is 7.15. The SMILES string of the molecule is Cc1ccc2c(c1)C(F)(F)c1cc(C3CNCN3)ccc1-2. The Labute approximate surface area is 122 Å². The standard InChI is InChI=1S/C17H16F2N2/c1-10-2-4-12-13-5-3-11(16-8-20-9-21-16)7-15(13)17(18,19)14(12)6-10/h2-7,16,20-21H,8-9H2,1H3. The predicted molar refractivity (Wildman–Crippen MR) is 78.4 cm³/mol. The van der Waals surface area contributed by atoms with E-state index in [0.717, 1.165) is 24.3 Å². The van der Waals surface area contributed by atoms with Crippen LogP contribution in [0.25, 0.3) is 11.1 Å². The molecule has 1 saturated heterocycles. The van der Waals surface area contributed by atoms with Crippen LogP contribution in [-0.4, -0.2) is 13.2 Å². The first kappa shape index (κ1) is 12.9. The first-order valence-electron chi connectivity index (χ1n) is 7.15. The van der Waals surface area contributed by atoms with Gasteiger partial charge in [-0.05, 0) is 35.7 Å². The molecule has 2 aromatic carbocycles. The third-order valence-electron chi connectivity index (χ3n) is 4.41. The molecular formula is C17H16F2N2.